The molecule has 0 saturated heterocycles. The van der Waals surface area contributed by atoms with E-state index >= 15 is 0 Å². The summed E-state index contributed by atoms with van der Waals surface area (Å²) >= 11 is 6.08. The molecule has 1 aromatic carbocycles. The molecule has 37 heavy (non-hydrogen) atoms. The number of carbonyl (C=O) groups excluding carboxylic acids is 1. The molecule has 2 atom stereocenters. The van der Waals surface area contributed by atoms with E-state index in [1.165, 1.54) is 64.9 Å². The van der Waals surface area contributed by atoms with Crippen molar-refractivity contribution in [1.82, 2.24) is 4.90 Å². The van der Waals surface area contributed by atoms with Crippen LogP contribution < -0.4 is 5.32 Å². The second kappa shape index (κ2) is 12.4. The van der Waals surface area contributed by atoms with Crippen LogP contribution in [-0.2, 0) is 9.53 Å². The summed E-state index contributed by atoms with van der Waals surface area (Å²) in [7, 11) is 1.53. The molecule has 2 aliphatic carbocycles. The highest BCUT2D eigenvalue weighted by Gasteiger charge is 2.53. The Kier molecular flexibility index (Phi) is 9.48. The third-order valence-corrected chi connectivity index (χ3v) is 9.77. The van der Waals surface area contributed by atoms with E-state index in [2.05, 4.69) is 43.1 Å². The summed E-state index contributed by atoms with van der Waals surface area (Å²) in [5.41, 5.74) is 0.399. The van der Waals surface area contributed by atoms with Gasteiger partial charge in [-0.1, -0.05) is 63.5 Å². The van der Waals surface area contributed by atoms with E-state index in [9.17, 15) is 4.79 Å². The zero-order valence-electron chi connectivity index (χ0n) is 23.5. The highest BCUT2D eigenvalue weighted by Crippen LogP contribution is 2.44. The van der Waals surface area contributed by atoms with E-state index in [0.29, 0.717) is 17.9 Å². The molecule has 1 heterocycles. The summed E-state index contributed by atoms with van der Waals surface area (Å²) < 4.78 is 5.42. The lowest BCUT2D eigenvalue weighted by Gasteiger charge is -2.44. The molecule has 206 valence electrons. The first-order valence-corrected chi connectivity index (χ1v) is 15.1. The van der Waals surface area contributed by atoms with Crippen LogP contribution in [0, 0.1) is 11.8 Å². The van der Waals surface area contributed by atoms with Crippen molar-refractivity contribution in [3.8, 4) is 0 Å². The lowest BCUT2D eigenvalue weighted by atomic mass is 9.70. The molecule has 2 unspecified atom stereocenters. The van der Waals surface area contributed by atoms with Crippen LogP contribution in [0.1, 0.15) is 104 Å². The van der Waals surface area contributed by atoms with Gasteiger partial charge in [0.1, 0.15) is 0 Å². The van der Waals surface area contributed by atoms with Gasteiger partial charge >= 0.3 is 5.97 Å². The summed E-state index contributed by atoms with van der Waals surface area (Å²) in [5.74, 6) is 1.09. The van der Waals surface area contributed by atoms with Crippen molar-refractivity contribution < 1.29 is 9.53 Å². The molecule has 0 aromatic heterocycles. The van der Waals surface area contributed by atoms with Crippen LogP contribution in [0.4, 0.5) is 5.69 Å². The molecular weight excluding hydrogens is 482 g/mol. The van der Waals surface area contributed by atoms with Crippen LogP contribution in [0.3, 0.4) is 0 Å². The second-order valence-corrected chi connectivity index (χ2v) is 12.8. The van der Waals surface area contributed by atoms with Crippen LogP contribution in [0.25, 0.3) is 0 Å². The molecular formula is C31H48ClN3O2. The number of benzene rings is 1. The number of anilines is 1. The maximum Gasteiger partial charge on any atom is 0.335 e. The van der Waals surface area contributed by atoms with E-state index in [1.54, 1.807) is 0 Å². The Bertz CT molecular complexity index is 904. The molecule has 1 aliphatic heterocycles. The fraction of sp³-hybridized carbons (Fsp3) is 0.742. The Hall–Kier alpha value is -1.75. The predicted octanol–water partition coefficient (Wildman–Crippen LogP) is 7.87. The predicted molar refractivity (Wildman–Crippen MR) is 154 cm³/mol. The van der Waals surface area contributed by atoms with Crippen LogP contribution >= 0.6 is 11.6 Å². The highest BCUT2D eigenvalue weighted by molar-refractivity contribution is 6.30. The number of methoxy groups -OCH3 is 1. The molecule has 4 rings (SSSR count). The highest BCUT2D eigenvalue weighted by atomic mass is 35.5. The summed E-state index contributed by atoms with van der Waals surface area (Å²) in [6, 6.07) is 8.66. The maximum atomic E-state index is 13.3. The second-order valence-electron chi connectivity index (χ2n) is 12.3. The van der Waals surface area contributed by atoms with Gasteiger partial charge < -0.3 is 15.0 Å². The first kappa shape index (κ1) is 28.3. The zero-order chi connectivity index (χ0) is 26.5. The van der Waals surface area contributed by atoms with Crippen molar-refractivity contribution in [1.29, 1.82) is 0 Å². The van der Waals surface area contributed by atoms with Crippen molar-refractivity contribution >= 4 is 29.6 Å². The number of esters is 1. The molecule has 3 aliphatic rings. The van der Waals surface area contributed by atoms with Gasteiger partial charge in [0, 0.05) is 22.3 Å². The van der Waals surface area contributed by atoms with E-state index in [4.69, 9.17) is 21.3 Å². The maximum absolute atomic E-state index is 13.3. The van der Waals surface area contributed by atoms with E-state index in [0.717, 1.165) is 36.4 Å². The third-order valence-electron chi connectivity index (χ3n) is 9.51. The number of unbranched alkanes of at least 4 members (excludes halogenated alkanes) is 1. The Morgan fingerprint density at radius 2 is 1.78 bits per heavy atom. The van der Waals surface area contributed by atoms with Crippen molar-refractivity contribution in [2.45, 2.75) is 127 Å². The number of carbonyl (C=O) groups is 1. The monoisotopic (exact) mass is 529 g/mol. The molecule has 0 amide bonds. The molecule has 6 heteroatoms. The van der Waals surface area contributed by atoms with Gasteiger partial charge in [-0.15, -0.1) is 0 Å². The van der Waals surface area contributed by atoms with E-state index in [1.807, 2.05) is 18.5 Å². The van der Waals surface area contributed by atoms with Gasteiger partial charge in [0.25, 0.3) is 0 Å². The smallest absolute Gasteiger partial charge is 0.335 e. The molecule has 1 aromatic rings. The number of hydrogen-bond acceptors (Lipinski definition) is 5. The lowest BCUT2D eigenvalue weighted by Crippen LogP contribution is -2.55. The van der Waals surface area contributed by atoms with Gasteiger partial charge in [-0.3, -0.25) is 4.99 Å². The third kappa shape index (κ3) is 6.46. The number of halogens is 1. The minimum absolute atomic E-state index is 0.0142. The number of ether oxygens (including phenoxy) is 1. The van der Waals surface area contributed by atoms with Crippen molar-refractivity contribution in [2.24, 2.45) is 16.8 Å². The van der Waals surface area contributed by atoms with E-state index < -0.39 is 5.54 Å². The van der Waals surface area contributed by atoms with Gasteiger partial charge in [0.15, 0.2) is 5.54 Å². The van der Waals surface area contributed by atoms with Crippen LogP contribution in [-0.4, -0.2) is 47.5 Å². The first-order valence-electron chi connectivity index (χ1n) is 14.7. The summed E-state index contributed by atoms with van der Waals surface area (Å²) in [4.78, 5) is 20.8. The number of nitrogens with zero attached hydrogens (tertiary/aromatic N) is 2. The van der Waals surface area contributed by atoms with Gasteiger partial charge in [0.05, 0.1) is 19.5 Å². The first-order chi connectivity index (χ1) is 17.8. The molecule has 0 radical (unpaired) electrons. The normalized spacial score (nSPS) is 28.9. The number of nitrogens with one attached hydrogen (secondary N) is 1. The van der Waals surface area contributed by atoms with Crippen molar-refractivity contribution in [3.63, 3.8) is 0 Å². The minimum Gasteiger partial charge on any atom is -0.467 e. The Labute approximate surface area is 229 Å². The zero-order valence-corrected chi connectivity index (χ0v) is 24.2. The lowest BCUT2D eigenvalue weighted by molar-refractivity contribution is -0.149. The summed E-state index contributed by atoms with van der Waals surface area (Å²) in [6.45, 7) is 6.85. The summed E-state index contributed by atoms with van der Waals surface area (Å²) in [5, 5.41) is 4.53. The minimum atomic E-state index is -0.742. The Morgan fingerprint density at radius 1 is 1.11 bits per heavy atom. The average molecular weight is 530 g/mol. The topological polar surface area (TPSA) is 53.9 Å². The van der Waals surface area contributed by atoms with Gasteiger partial charge in [-0.25, -0.2) is 4.79 Å². The van der Waals surface area contributed by atoms with Crippen molar-refractivity contribution in [2.75, 3.05) is 12.4 Å². The fourth-order valence-electron chi connectivity index (χ4n) is 7.22. The number of aliphatic imine (C=N–C) groups is 1. The molecule has 1 N–H and O–H groups in total. The molecule has 0 spiro atoms. The Morgan fingerprint density at radius 3 is 2.41 bits per heavy atom. The van der Waals surface area contributed by atoms with Crippen molar-refractivity contribution in [3.05, 3.63) is 29.3 Å². The molecule has 5 nitrogen and oxygen atoms in total. The fourth-order valence-corrected chi connectivity index (χ4v) is 7.34. The standard InChI is InChI=1S/C31H48ClN3O2/c1-5-6-20-31(29(36)37-4)28(35(22-33-31)27-10-8-7-9-11-27)21-23-12-14-24(15-13-23)30(2,3)34-26-18-16-25(32)17-19-26/h16-19,22-24,27-28,34H,5-15,20-21H2,1-4H3. The number of hydrogen-bond donors (Lipinski definition) is 1. The van der Waals surface area contributed by atoms with E-state index in [-0.39, 0.29) is 17.6 Å². The quantitative estimate of drug-likeness (QED) is 0.313. The van der Waals surface area contributed by atoms with Crippen LogP contribution in [0.15, 0.2) is 29.3 Å². The van der Waals surface area contributed by atoms with Gasteiger partial charge in [-0.2, -0.15) is 0 Å². The van der Waals surface area contributed by atoms with Gasteiger partial charge in [-0.05, 0) is 88.5 Å². The SMILES string of the molecule is CCCCC1(C(=O)OC)N=CN(C2CCCCC2)C1CC1CCC(C(C)(C)Nc2ccc(Cl)cc2)CC1. The average Bonchev–Trinajstić information content (AvgIpc) is 3.27. The van der Waals surface area contributed by atoms with Crippen LogP contribution in [0.5, 0.6) is 0 Å². The number of rotatable bonds is 10. The molecule has 0 bridgehead atoms. The Balaban J connectivity index is 1.45. The largest absolute Gasteiger partial charge is 0.467 e. The van der Waals surface area contributed by atoms with Gasteiger partial charge in [0.2, 0.25) is 0 Å². The molecule has 2 saturated carbocycles. The molecule has 2 fully saturated rings. The van der Waals surface area contributed by atoms with Crippen LogP contribution in [0.2, 0.25) is 5.02 Å². The summed E-state index contributed by atoms with van der Waals surface area (Å²) in [6.07, 6.45) is 17.1.